The zero-order valence-corrected chi connectivity index (χ0v) is 14.6. The molecule has 1 amide bonds. The van der Waals surface area contributed by atoms with Gasteiger partial charge in [-0.3, -0.25) is 14.6 Å². The van der Waals surface area contributed by atoms with E-state index in [9.17, 15) is 9.59 Å². The number of nitrogens with one attached hydrogen (secondary N) is 1. The van der Waals surface area contributed by atoms with Crippen LogP contribution in [-0.4, -0.2) is 29.7 Å². The largest absolute Gasteiger partial charge is 0.463 e. The number of halogens is 1. The number of hydrogen-bond acceptors (Lipinski definition) is 4. The lowest BCUT2D eigenvalue weighted by Gasteiger charge is -2.22. The highest BCUT2D eigenvalue weighted by atomic mass is 35.5. The van der Waals surface area contributed by atoms with Gasteiger partial charge in [0.2, 0.25) is 0 Å². The highest BCUT2D eigenvalue weighted by Gasteiger charge is 2.38. The van der Waals surface area contributed by atoms with Crippen LogP contribution in [0.1, 0.15) is 25.0 Å². The van der Waals surface area contributed by atoms with Crippen molar-refractivity contribution >= 4 is 34.9 Å². The highest BCUT2D eigenvalue weighted by molar-refractivity contribution is 6.32. The van der Waals surface area contributed by atoms with Gasteiger partial charge in [0.15, 0.2) is 5.54 Å². The number of carbonyl (C=O) groups is 2. The van der Waals surface area contributed by atoms with Gasteiger partial charge in [-0.25, -0.2) is 0 Å². The van der Waals surface area contributed by atoms with Crippen LogP contribution in [0.3, 0.4) is 0 Å². The summed E-state index contributed by atoms with van der Waals surface area (Å²) in [6, 6.07) is 14.7. The molecule has 1 unspecified atom stereocenters. The second-order valence-corrected chi connectivity index (χ2v) is 6.46. The average Bonchev–Trinajstić information content (AvgIpc) is 2.70. The maximum absolute atomic E-state index is 12.7. The van der Waals surface area contributed by atoms with Crippen molar-refractivity contribution in [3.05, 3.63) is 64.7 Å². The van der Waals surface area contributed by atoms with Gasteiger partial charge in [-0.1, -0.05) is 41.9 Å². The Hall–Kier alpha value is -2.66. The quantitative estimate of drug-likeness (QED) is 0.856. The Labute approximate surface area is 150 Å². The lowest BCUT2D eigenvalue weighted by molar-refractivity contribution is -0.143. The number of fused-ring (bicyclic) bond motifs is 1. The molecule has 0 aromatic heterocycles. The summed E-state index contributed by atoms with van der Waals surface area (Å²) in [7, 11) is 0. The molecule has 6 heteroatoms. The summed E-state index contributed by atoms with van der Waals surface area (Å²) >= 11 is 6.16. The molecule has 1 aliphatic rings. The van der Waals surface area contributed by atoms with E-state index >= 15 is 0 Å². The third kappa shape index (κ3) is 3.56. The molecule has 3 rings (SSSR count). The fraction of sp³-hybridized carbons (Fsp3) is 0.211. The van der Waals surface area contributed by atoms with Crippen molar-refractivity contribution in [2.75, 3.05) is 11.9 Å². The van der Waals surface area contributed by atoms with Crippen LogP contribution in [0.2, 0.25) is 5.02 Å². The molecule has 1 heterocycles. The number of rotatable bonds is 3. The van der Waals surface area contributed by atoms with Crippen LogP contribution in [0.5, 0.6) is 0 Å². The summed E-state index contributed by atoms with van der Waals surface area (Å²) in [6.45, 7) is 2.79. The van der Waals surface area contributed by atoms with Gasteiger partial charge in [0.25, 0.3) is 5.91 Å². The molecule has 25 heavy (non-hydrogen) atoms. The van der Waals surface area contributed by atoms with Crippen molar-refractivity contribution < 1.29 is 14.3 Å². The number of benzene rings is 2. The monoisotopic (exact) mass is 356 g/mol. The zero-order chi connectivity index (χ0) is 18.0. The summed E-state index contributed by atoms with van der Waals surface area (Å²) < 4.78 is 5.08. The van der Waals surface area contributed by atoms with E-state index in [1.165, 1.54) is 6.92 Å². The third-order valence-electron chi connectivity index (χ3n) is 3.94. The fourth-order valence-electron chi connectivity index (χ4n) is 2.59. The number of hydrogen-bond donors (Lipinski definition) is 1. The first-order chi connectivity index (χ1) is 11.9. The average molecular weight is 357 g/mol. The van der Waals surface area contributed by atoms with Gasteiger partial charge in [-0.15, -0.1) is 0 Å². The summed E-state index contributed by atoms with van der Waals surface area (Å²) in [6.07, 6.45) is 0. The Morgan fingerprint density at radius 2 is 1.96 bits per heavy atom. The molecule has 0 spiro atoms. The van der Waals surface area contributed by atoms with Crippen molar-refractivity contribution in [1.82, 2.24) is 0 Å². The minimum atomic E-state index is -1.25. The van der Waals surface area contributed by atoms with Crippen LogP contribution in [0, 0.1) is 0 Å². The molecule has 1 atom stereocenters. The van der Waals surface area contributed by atoms with E-state index in [4.69, 9.17) is 16.3 Å². The Kier molecular flexibility index (Phi) is 4.59. The van der Waals surface area contributed by atoms with Crippen LogP contribution in [0.4, 0.5) is 5.69 Å². The molecular formula is C19H17ClN2O3. The van der Waals surface area contributed by atoms with E-state index in [1.54, 1.807) is 25.1 Å². The first kappa shape index (κ1) is 17.2. The van der Waals surface area contributed by atoms with E-state index in [0.717, 1.165) is 11.1 Å². The molecule has 128 valence electrons. The van der Waals surface area contributed by atoms with Gasteiger partial charge < -0.3 is 10.1 Å². The number of nitrogens with zero attached hydrogens (tertiary/aromatic N) is 1. The lowest BCUT2D eigenvalue weighted by atomic mass is 9.99. The molecule has 0 aliphatic carbocycles. The Morgan fingerprint density at radius 3 is 2.64 bits per heavy atom. The summed E-state index contributed by atoms with van der Waals surface area (Å²) in [5, 5.41) is 3.40. The number of esters is 1. The van der Waals surface area contributed by atoms with Crippen LogP contribution in [-0.2, 0) is 14.3 Å². The fourth-order valence-corrected chi connectivity index (χ4v) is 2.76. The van der Waals surface area contributed by atoms with Crippen molar-refractivity contribution in [2.24, 2.45) is 4.99 Å². The number of ether oxygens (including phenoxy) is 1. The summed E-state index contributed by atoms with van der Waals surface area (Å²) in [5.74, 6) is -0.807. The molecule has 2 aromatic carbocycles. The van der Waals surface area contributed by atoms with E-state index < -0.39 is 11.5 Å². The second kappa shape index (κ2) is 6.69. The summed E-state index contributed by atoms with van der Waals surface area (Å²) in [5.41, 5.74) is 1.55. The van der Waals surface area contributed by atoms with Gasteiger partial charge in [-0.2, -0.15) is 0 Å². The molecule has 0 bridgehead atoms. The maximum atomic E-state index is 12.7. The molecule has 0 fully saturated rings. The Balaban J connectivity index is 2.18. The Morgan fingerprint density at radius 1 is 1.24 bits per heavy atom. The molecule has 1 aliphatic heterocycles. The van der Waals surface area contributed by atoms with Gasteiger partial charge in [-0.05, 0) is 25.1 Å². The second-order valence-electron chi connectivity index (χ2n) is 6.02. The number of carbonyl (C=O) groups excluding carboxylic acids is 2. The van der Waals surface area contributed by atoms with Crippen LogP contribution < -0.4 is 5.32 Å². The first-order valence-electron chi connectivity index (χ1n) is 7.79. The molecule has 5 nitrogen and oxygen atoms in total. The third-order valence-corrected chi connectivity index (χ3v) is 4.17. The number of benzodiazepines with no additional fused rings is 1. The van der Waals surface area contributed by atoms with Gasteiger partial charge in [0, 0.05) is 23.1 Å². The molecule has 1 N–H and O–H groups in total. The SMILES string of the molecule is CC(=O)OCC1(C)N=C(c2ccccc2)c2cc(Cl)ccc2NC1=O. The van der Waals surface area contributed by atoms with E-state index in [0.29, 0.717) is 16.4 Å². The minimum Gasteiger partial charge on any atom is -0.463 e. The van der Waals surface area contributed by atoms with Gasteiger partial charge >= 0.3 is 5.97 Å². The zero-order valence-electron chi connectivity index (χ0n) is 13.9. The van der Waals surface area contributed by atoms with Crippen molar-refractivity contribution in [1.29, 1.82) is 0 Å². The number of anilines is 1. The topological polar surface area (TPSA) is 67.8 Å². The molecule has 0 saturated heterocycles. The van der Waals surface area contributed by atoms with Crippen LogP contribution >= 0.6 is 11.6 Å². The molecule has 0 radical (unpaired) electrons. The number of aliphatic imine (C=N–C) groups is 1. The molecule has 0 saturated carbocycles. The van der Waals surface area contributed by atoms with Crippen molar-refractivity contribution in [3.63, 3.8) is 0 Å². The lowest BCUT2D eigenvalue weighted by Crippen LogP contribution is -2.42. The standard InChI is InChI=1S/C19H17ClN2O3/c1-12(23)25-11-19(2)18(24)21-16-9-8-14(20)10-15(16)17(22-19)13-6-4-3-5-7-13/h3-10H,11H2,1-2H3,(H,21,24). The van der Waals surface area contributed by atoms with E-state index in [2.05, 4.69) is 10.3 Å². The predicted octanol–water partition coefficient (Wildman–Crippen LogP) is 3.45. The van der Waals surface area contributed by atoms with E-state index in [-0.39, 0.29) is 12.5 Å². The first-order valence-corrected chi connectivity index (χ1v) is 8.17. The number of amides is 1. The van der Waals surface area contributed by atoms with Gasteiger partial charge in [0.05, 0.1) is 11.4 Å². The maximum Gasteiger partial charge on any atom is 0.302 e. The van der Waals surface area contributed by atoms with Crippen LogP contribution in [0.15, 0.2) is 53.5 Å². The molecule has 2 aromatic rings. The van der Waals surface area contributed by atoms with Crippen molar-refractivity contribution in [3.8, 4) is 0 Å². The molecular weight excluding hydrogens is 340 g/mol. The van der Waals surface area contributed by atoms with Crippen molar-refractivity contribution in [2.45, 2.75) is 19.4 Å². The Bertz CT molecular complexity index is 864. The minimum absolute atomic E-state index is 0.147. The smallest absolute Gasteiger partial charge is 0.302 e. The highest BCUT2D eigenvalue weighted by Crippen LogP contribution is 2.30. The normalized spacial score (nSPS) is 19.3. The van der Waals surface area contributed by atoms with E-state index in [1.807, 2.05) is 30.3 Å². The van der Waals surface area contributed by atoms with Gasteiger partial charge in [0.1, 0.15) is 6.61 Å². The van der Waals surface area contributed by atoms with Crippen LogP contribution in [0.25, 0.3) is 0 Å². The summed E-state index contributed by atoms with van der Waals surface area (Å²) in [4.78, 5) is 28.6. The predicted molar refractivity (Wildman–Crippen MR) is 97.2 cm³/mol.